The summed E-state index contributed by atoms with van der Waals surface area (Å²) < 4.78 is 7.86. The first-order valence-electron chi connectivity index (χ1n) is 4.88. The van der Waals surface area contributed by atoms with Gasteiger partial charge in [-0.3, -0.25) is 0 Å². The molecule has 0 saturated heterocycles. The van der Waals surface area contributed by atoms with Crippen LogP contribution in [0, 0.1) is 0 Å². The molecular formula is C10H15Br2NOS. The molecule has 1 aromatic heterocycles. The van der Waals surface area contributed by atoms with Crippen molar-refractivity contribution in [1.82, 2.24) is 5.32 Å². The summed E-state index contributed by atoms with van der Waals surface area (Å²) in [6, 6.07) is 2.39. The molecule has 0 aliphatic heterocycles. The molecule has 1 aromatic rings. The van der Waals surface area contributed by atoms with Gasteiger partial charge >= 0.3 is 0 Å². The fourth-order valence-corrected chi connectivity index (χ4v) is 4.24. The zero-order chi connectivity index (χ0) is 11.3. The molecule has 1 atom stereocenters. The standard InChI is InChI=1S/C10H15Br2NOS/c1-3-4-14-6-8(13-2)7-5-9(11)15-10(7)12/h5,8,13H,3-4,6H2,1-2H3. The van der Waals surface area contributed by atoms with Crippen molar-refractivity contribution in [2.24, 2.45) is 0 Å². The van der Waals surface area contributed by atoms with E-state index >= 15 is 0 Å². The summed E-state index contributed by atoms with van der Waals surface area (Å²) in [6.45, 7) is 3.65. The van der Waals surface area contributed by atoms with Gasteiger partial charge in [-0.15, -0.1) is 11.3 Å². The molecule has 1 rings (SSSR count). The third-order valence-electron chi connectivity index (χ3n) is 2.04. The Labute approximate surface area is 112 Å². The Kier molecular flexibility index (Phi) is 6.38. The maximum Gasteiger partial charge on any atom is 0.0759 e. The summed E-state index contributed by atoms with van der Waals surface area (Å²) >= 11 is 8.73. The molecule has 0 radical (unpaired) electrons. The third-order valence-corrected chi connectivity index (χ3v) is 4.43. The lowest BCUT2D eigenvalue weighted by molar-refractivity contribution is 0.114. The number of halogens is 2. The van der Waals surface area contributed by atoms with Gasteiger partial charge in [-0.05, 0) is 57.0 Å². The van der Waals surface area contributed by atoms with Crippen LogP contribution in [0.15, 0.2) is 13.6 Å². The summed E-state index contributed by atoms with van der Waals surface area (Å²) in [6.07, 6.45) is 1.06. The summed E-state index contributed by atoms with van der Waals surface area (Å²) in [5, 5.41) is 3.26. The minimum Gasteiger partial charge on any atom is -0.379 e. The number of nitrogens with one attached hydrogen (secondary N) is 1. The zero-order valence-corrected chi connectivity index (χ0v) is 12.8. The summed E-state index contributed by atoms with van der Waals surface area (Å²) in [4.78, 5) is 0. The van der Waals surface area contributed by atoms with Gasteiger partial charge in [-0.2, -0.15) is 0 Å². The molecule has 15 heavy (non-hydrogen) atoms. The molecule has 0 bridgehead atoms. The molecule has 1 unspecified atom stereocenters. The Morgan fingerprint density at radius 1 is 1.53 bits per heavy atom. The van der Waals surface area contributed by atoms with E-state index in [2.05, 4.69) is 50.2 Å². The van der Waals surface area contributed by atoms with E-state index in [-0.39, 0.29) is 6.04 Å². The van der Waals surface area contributed by atoms with Crippen LogP contribution in [0.4, 0.5) is 0 Å². The first-order valence-corrected chi connectivity index (χ1v) is 7.29. The molecule has 0 aliphatic rings. The highest BCUT2D eigenvalue weighted by molar-refractivity contribution is 9.12. The second-order valence-electron chi connectivity index (χ2n) is 3.20. The van der Waals surface area contributed by atoms with Crippen LogP contribution in [0.2, 0.25) is 0 Å². The van der Waals surface area contributed by atoms with E-state index in [1.165, 1.54) is 5.56 Å². The van der Waals surface area contributed by atoms with E-state index in [0.29, 0.717) is 6.61 Å². The van der Waals surface area contributed by atoms with Crippen LogP contribution in [0.5, 0.6) is 0 Å². The average Bonchev–Trinajstić information content (AvgIpc) is 2.53. The number of likely N-dealkylation sites (N-methyl/N-ethyl adjacent to an activating group) is 1. The quantitative estimate of drug-likeness (QED) is 0.779. The fourth-order valence-electron chi connectivity index (χ4n) is 1.26. The Balaban J connectivity index is 2.61. The molecule has 0 saturated carbocycles. The largest absolute Gasteiger partial charge is 0.379 e. The second-order valence-corrected chi connectivity index (χ2v) is 6.95. The first kappa shape index (κ1) is 13.6. The molecular weight excluding hydrogens is 342 g/mol. The van der Waals surface area contributed by atoms with Crippen molar-refractivity contribution in [3.05, 3.63) is 19.2 Å². The zero-order valence-electron chi connectivity index (χ0n) is 8.85. The van der Waals surface area contributed by atoms with E-state index in [1.807, 2.05) is 7.05 Å². The van der Waals surface area contributed by atoms with Gasteiger partial charge in [-0.1, -0.05) is 6.92 Å². The van der Waals surface area contributed by atoms with Gasteiger partial charge in [0.25, 0.3) is 0 Å². The fraction of sp³-hybridized carbons (Fsp3) is 0.600. The number of thiophene rings is 1. The van der Waals surface area contributed by atoms with E-state index in [1.54, 1.807) is 11.3 Å². The van der Waals surface area contributed by atoms with E-state index in [4.69, 9.17) is 4.74 Å². The average molecular weight is 357 g/mol. The number of hydrogen-bond donors (Lipinski definition) is 1. The minimum atomic E-state index is 0.258. The van der Waals surface area contributed by atoms with Gasteiger partial charge in [0.1, 0.15) is 0 Å². The normalized spacial score (nSPS) is 13.1. The molecule has 5 heteroatoms. The van der Waals surface area contributed by atoms with E-state index < -0.39 is 0 Å². The van der Waals surface area contributed by atoms with Crippen LogP contribution in [0.25, 0.3) is 0 Å². The second kappa shape index (κ2) is 7.01. The molecule has 0 spiro atoms. The van der Waals surface area contributed by atoms with Gasteiger partial charge in [0.05, 0.1) is 20.2 Å². The van der Waals surface area contributed by atoms with Gasteiger partial charge in [0.15, 0.2) is 0 Å². The van der Waals surface area contributed by atoms with Crippen molar-refractivity contribution in [2.75, 3.05) is 20.3 Å². The Morgan fingerprint density at radius 3 is 2.73 bits per heavy atom. The van der Waals surface area contributed by atoms with Crippen LogP contribution in [0.1, 0.15) is 24.9 Å². The predicted molar refractivity (Wildman–Crippen MR) is 72.6 cm³/mol. The van der Waals surface area contributed by atoms with Crippen molar-refractivity contribution in [3.63, 3.8) is 0 Å². The van der Waals surface area contributed by atoms with E-state index in [9.17, 15) is 0 Å². The molecule has 0 fully saturated rings. The highest BCUT2D eigenvalue weighted by Crippen LogP contribution is 2.35. The number of rotatable bonds is 6. The Bertz CT molecular complexity index is 304. The Hall–Kier alpha value is 0.580. The maximum absolute atomic E-state index is 5.56. The molecule has 0 aromatic carbocycles. The number of hydrogen-bond acceptors (Lipinski definition) is 3. The Morgan fingerprint density at radius 2 is 2.27 bits per heavy atom. The van der Waals surface area contributed by atoms with Gasteiger partial charge < -0.3 is 10.1 Å². The smallest absolute Gasteiger partial charge is 0.0759 e. The molecule has 0 amide bonds. The van der Waals surface area contributed by atoms with Crippen LogP contribution in [-0.4, -0.2) is 20.3 Å². The molecule has 1 N–H and O–H groups in total. The lowest BCUT2D eigenvalue weighted by Gasteiger charge is -2.15. The summed E-state index contributed by atoms with van der Waals surface area (Å²) in [5.41, 5.74) is 1.26. The molecule has 2 nitrogen and oxygen atoms in total. The van der Waals surface area contributed by atoms with Crippen LogP contribution < -0.4 is 5.32 Å². The van der Waals surface area contributed by atoms with Crippen molar-refractivity contribution >= 4 is 43.2 Å². The summed E-state index contributed by atoms with van der Waals surface area (Å²) in [7, 11) is 1.96. The van der Waals surface area contributed by atoms with Gasteiger partial charge in [0, 0.05) is 6.61 Å². The van der Waals surface area contributed by atoms with Crippen molar-refractivity contribution in [1.29, 1.82) is 0 Å². The van der Waals surface area contributed by atoms with Crippen molar-refractivity contribution in [3.8, 4) is 0 Å². The third kappa shape index (κ3) is 4.15. The molecule has 86 valence electrons. The van der Waals surface area contributed by atoms with Crippen LogP contribution in [-0.2, 0) is 4.74 Å². The van der Waals surface area contributed by atoms with Crippen LogP contribution in [0.3, 0.4) is 0 Å². The van der Waals surface area contributed by atoms with Crippen LogP contribution >= 0.6 is 43.2 Å². The minimum absolute atomic E-state index is 0.258. The monoisotopic (exact) mass is 355 g/mol. The maximum atomic E-state index is 5.56. The highest BCUT2D eigenvalue weighted by Gasteiger charge is 2.15. The molecule has 0 aliphatic carbocycles. The lowest BCUT2D eigenvalue weighted by atomic mass is 10.2. The van der Waals surface area contributed by atoms with E-state index in [0.717, 1.165) is 20.6 Å². The van der Waals surface area contributed by atoms with Gasteiger partial charge in [0.2, 0.25) is 0 Å². The predicted octanol–water partition coefficient (Wildman–Crippen LogP) is 3.96. The first-order chi connectivity index (χ1) is 7.19. The topological polar surface area (TPSA) is 21.3 Å². The van der Waals surface area contributed by atoms with Crippen molar-refractivity contribution < 1.29 is 4.74 Å². The number of ether oxygens (including phenoxy) is 1. The van der Waals surface area contributed by atoms with Crippen molar-refractivity contribution in [2.45, 2.75) is 19.4 Å². The SMILES string of the molecule is CCCOCC(NC)c1cc(Br)sc1Br. The summed E-state index contributed by atoms with van der Waals surface area (Å²) in [5.74, 6) is 0. The van der Waals surface area contributed by atoms with Gasteiger partial charge in [-0.25, -0.2) is 0 Å². The molecule has 1 heterocycles. The highest BCUT2D eigenvalue weighted by atomic mass is 79.9. The lowest BCUT2D eigenvalue weighted by Crippen LogP contribution is -2.21.